The molecule has 3 aromatic carbocycles. The molecule has 0 aliphatic rings. The lowest BCUT2D eigenvalue weighted by molar-refractivity contribution is -0.146. The number of alkyl halides is 3. The molecular weight excluding hydrogens is 511 g/mol. The molecule has 0 bridgehead atoms. The number of benzene rings is 3. The molecule has 2 atom stereocenters. The number of hydrogen-bond donors (Lipinski definition) is 3. The first kappa shape index (κ1) is 29.7. The minimum absolute atomic E-state index is 0.295. The van der Waals surface area contributed by atoms with E-state index >= 15 is 0 Å². The van der Waals surface area contributed by atoms with E-state index in [4.69, 9.17) is 9.84 Å². The summed E-state index contributed by atoms with van der Waals surface area (Å²) in [5.41, 5.74) is 3.72. The second kappa shape index (κ2) is 12.3. The number of carbonyl (C=O) groups excluding carboxylic acids is 1. The van der Waals surface area contributed by atoms with E-state index in [1.807, 2.05) is 26.0 Å². The largest absolute Gasteiger partial charge is 0.486 e. The standard InChI is InChI=1S/C30H32F3NO5/c1-17(2)13-26(20-5-7-22(8-6-20)28(36)34-16-25(35)29(37)38)39-24-14-18(3)27(19(4)15-24)21-9-11-23(12-10-21)30(31,32)33/h5-12,14-15,17,25-26,35H,13,16H2,1-4H3,(H,34,36)(H,37,38). The van der Waals surface area contributed by atoms with Gasteiger partial charge in [0.05, 0.1) is 12.1 Å². The van der Waals surface area contributed by atoms with Crippen LogP contribution in [0.4, 0.5) is 13.2 Å². The van der Waals surface area contributed by atoms with Crippen molar-refractivity contribution in [3.63, 3.8) is 0 Å². The van der Waals surface area contributed by atoms with E-state index in [0.29, 0.717) is 29.2 Å². The third-order valence-corrected chi connectivity index (χ3v) is 6.26. The molecule has 0 saturated heterocycles. The third-order valence-electron chi connectivity index (χ3n) is 6.26. The number of amides is 1. The molecule has 0 saturated carbocycles. The van der Waals surface area contributed by atoms with E-state index in [2.05, 4.69) is 19.2 Å². The monoisotopic (exact) mass is 543 g/mol. The number of ether oxygens (including phenoxy) is 1. The topological polar surface area (TPSA) is 95.9 Å². The van der Waals surface area contributed by atoms with Crippen LogP contribution in [0.1, 0.15) is 59.0 Å². The van der Waals surface area contributed by atoms with Crippen LogP contribution in [0.3, 0.4) is 0 Å². The highest BCUT2D eigenvalue weighted by Gasteiger charge is 2.30. The number of halogens is 3. The predicted octanol–water partition coefficient (Wildman–Crippen LogP) is 6.33. The number of carboxylic acids is 1. The Bertz CT molecular complexity index is 1280. The lowest BCUT2D eigenvalue weighted by Crippen LogP contribution is -2.36. The van der Waals surface area contributed by atoms with Gasteiger partial charge in [0, 0.05) is 5.56 Å². The summed E-state index contributed by atoms with van der Waals surface area (Å²) in [7, 11) is 0. The highest BCUT2D eigenvalue weighted by molar-refractivity contribution is 5.94. The number of aliphatic hydroxyl groups is 1. The van der Waals surface area contributed by atoms with Gasteiger partial charge >= 0.3 is 12.1 Å². The van der Waals surface area contributed by atoms with Gasteiger partial charge in [-0.2, -0.15) is 13.2 Å². The van der Waals surface area contributed by atoms with Crippen molar-refractivity contribution >= 4 is 11.9 Å². The van der Waals surface area contributed by atoms with Crippen molar-refractivity contribution in [3.8, 4) is 16.9 Å². The molecule has 2 unspecified atom stereocenters. The van der Waals surface area contributed by atoms with E-state index in [1.165, 1.54) is 12.1 Å². The Morgan fingerprint density at radius 1 is 0.949 bits per heavy atom. The zero-order valence-electron chi connectivity index (χ0n) is 22.2. The molecule has 0 aliphatic carbocycles. The highest BCUT2D eigenvalue weighted by Crippen LogP contribution is 2.36. The second-order valence-electron chi connectivity index (χ2n) is 9.93. The molecule has 39 heavy (non-hydrogen) atoms. The molecule has 6 nitrogen and oxygen atoms in total. The van der Waals surface area contributed by atoms with Crippen LogP contribution in [0.15, 0.2) is 60.7 Å². The SMILES string of the molecule is Cc1cc(OC(CC(C)C)c2ccc(C(=O)NCC(O)C(=O)O)cc2)cc(C)c1-c1ccc(C(F)(F)F)cc1. The minimum Gasteiger partial charge on any atom is -0.486 e. The maximum atomic E-state index is 13.0. The van der Waals surface area contributed by atoms with Gasteiger partial charge in [0.2, 0.25) is 0 Å². The molecule has 0 heterocycles. The Hall–Kier alpha value is -3.85. The summed E-state index contributed by atoms with van der Waals surface area (Å²) in [5.74, 6) is -1.01. The fourth-order valence-corrected chi connectivity index (χ4v) is 4.35. The Morgan fingerprint density at radius 2 is 1.51 bits per heavy atom. The number of aliphatic carboxylic acids is 1. The first-order valence-electron chi connectivity index (χ1n) is 12.5. The van der Waals surface area contributed by atoms with Crippen molar-refractivity contribution in [1.82, 2.24) is 5.32 Å². The molecule has 3 rings (SSSR count). The highest BCUT2D eigenvalue weighted by atomic mass is 19.4. The molecular formula is C30H32F3NO5. The summed E-state index contributed by atoms with van der Waals surface area (Å²) in [6.45, 7) is 7.50. The lowest BCUT2D eigenvalue weighted by Gasteiger charge is -2.23. The Morgan fingerprint density at radius 3 is 2.00 bits per heavy atom. The quantitative estimate of drug-likeness (QED) is 0.278. The summed E-state index contributed by atoms with van der Waals surface area (Å²) in [6.07, 6.45) is -5.72. The van der Waals surface area contributed by atoms with Gasteiger partial charge in [-0.05, 0) is 90.4 Å². The average molecular weight is 544 g/mol. The van der Waals surface area contributed by atoms with Gasteiger partial charge in [-0.15, -0.1) is 0 Å². The van der Waals surface area contributed by atoms with Crippen molar-refractivity contribution in [2.45, 2.75) is 52.5 Å². The number of carbonyl (C=O) groups is 2. The fourth-order valence-electron chi connectivity index (χ4n) is 4.35. The van der Waals surface area contributed by atoms with Gasteiger partial charge in [0.15, 0.2) is 6.10 Å². The third kappa shape index (κ3) is 7.83. The predicted molar refractivity (Wildman–Crippen MR) is 142 cm³/mol. The van der Waals surface area contributed by atoms with Crippen LogP contribution in [0.2, 0.25) is 0 Å². The van der Waals surface area contributed by atoms with E-state index in [1.54, 1.807) is 24.3 Å². The molecule has 3 N–H and O–H groups in total. The molecule has 0 aromatic heterocycles. The fraction of sp³-hybridized carbons (Fsp3) is 0.333. The minimum atomic E-state index is -4.39. The zero-order chi connectivity index (χ0) is 28.9. The summed E-state index contributed by atoms with van der Waals surface area (Å²) in [4.78, 5) is 23.0. The molecule has 9 heteroatoms. The van der Waals surface area contributed by atoms with Gasteiger partial charge in [-0.3, -0.25) is 4.79 Å². The van der Waals surface area contributed by atoms with E-state index in [-0.39, 0.29) is 6.10 Å². The number of aliphatic hydroxyl groups excluding tert-OH is 1. The second-order valence-corrected chi connectivity index (χ2v) is 9.93. The number of hydrogen-bond acceptors (Lipinski definition) is 4. The smallest absolute Gasteiger partial charge is 0.416 e. The van der Waals surface area contributed by atoms with Crippen LogP contribution in [0.25, 0.3) is 11.1 Å². The lowest BCUT2D eigenvalue weighted by atomic mass is 9.94. The van der Waals surface area contributed by atoms with Gasteiger partial charge in [-0.25, -0.2) is 4.79 Å². The summed E-state index contributed by atoms with van der Waals surface area (Å²) in [5, 5.41) is 20.5. The van der Waals surface area contributed by atoms with Crippen LogP contribution in [-0.4, -0.2) is 34.7 Å². The Kier molecular flexibility index (Phi) is 9.40. The van der Waals surface area contributed by atoms with Gasteiger partial charge in [-0.1, -0.05) is 38.1 Å². The molecule has 0 aliphatic heterocycles. The summed E-state index contributed by atoms with van der Waals surface area (Å²) >= 11 is 0. The van der Waals surface area contributed by atoms with Crippen molar-refractivity contribution in [2.75, 3.05) is 6.54 Å². The molecule has 0 radical (unpaired) electrons. The van der Waals surface area contributed by atoms with Gasteiger partial charge < -0.3 is 20.3 Å². The van der Waals surface area contributed by atoms with Crippen LogP contribution in [-0.2, 0) is 11.0 Å². The molecule has 1 amide bonds. The number of rotatable bonds is 10. The molecule has 3 aromatic rings. The zero-order valence-corrected chi connectivity index (χ0v) is 22.2. The van der Waals surface area contributed by atoms with Crippen LogP contribution in [0.5, 0.6) is 5.75 Å². The van der Waals surface area contributed by atoms with Crippen molar-refractivity contribution in [1.29, 1.82) is 0 Å². The van der Waals surface area contributed by atoms with Crippen LogP contribution in [0, 0.1) is 19.8 Å². The van der Waals surface area contributed by atoms with Crippen molar-refractivity contribution < 1.29 is 37.7 Å². The summed E-state index contributed by atoms with van der Waals surface area (Å²) in [6, 6.07) is 15.6. The average Bonchev–Trinajstić information content (AvgIpc) is 2.86. The maximum Gasteiger partial charge on any atom is 0.416 e. The number of nitrogens with one attached hydrogen (secondary N) is 1. The first-order chi connectivity index (χ1) is 18.3. The van der Waals surface area contributed by atoms with E-state index in [9.17, 15) is 27.9 Å². The molecule has 0 spiro atoms. The molecule has 0 fully saturated rings. The van der Waals surface area contributed by atoms with Gasteiger partial charge in [0.1, 0.15) is 11.9 Å². The molecule has 208 valence electrons. The number of carboxylic acid groups (broad SMARTS) is 1. The van der Waals surface area contributed by atoms with Crippen molar-refractivity contribution in [3.05, 3.63) is 88.5 Å². The van der Waals surface area contributed by atoms with Crippen molar-refractivity contribution in [2.24, 2.45) is 5.92 Å². The number of aryl methyl sites for hydroxylation is 2. The van der Waals surface area contributed by atoms with E-state index < -0.39 is 36.3 Å². The Labute approximate surface area is 225 Å². The maximum absolute atomic E-state index is 13.0. The van der Waals surface area contributed by atoms with E-state index in [0.717, 1.165) is 34.4 Å². The van der Waals surface area contributed by atoms with Gasteiger partial charge in [0.25, 0.3) is 5.91 Å². The van der Waals surface area contributed by atoms with Crippen LogP contribution < -0.4 is 10.1 Å². The normalized spacial score (nSPS) is 13.2. The summed E-state index contributed by atoms with van der Waals surface area (Å²) < 4.78 is 45.3. The van der Waals surface area contributed by atoms with Crippen LogP contribution >= 0.6 is 0 Å². The Balaban J connectivity index is 1.80. The first-order valence-corrected chi connectivity index (χ1v) is 12.5.